The summed E-state index contributed by atoms with van der Waals surface area (Å²) in [6.45, 7) is 2.40. The molecule has 0 unspecified atom stereocenters. The van der Waals surface area contributed by atoms with E-state index in [1.807, 2.05) is 0 Å². The molecule has 1 rings (SSSR count). The summed E-state index contributed by atoms with van der Waals surface area (Å²) in [6, 6.07) is 4.60. The van der Waals surface area contributed by atoms with Gasteiger partial charge in [0.2, 0.25) is 0 Å². The normalized spacial score (nSPS) is 10.6. The van der Waals surface area contributed by atoms with Crippen molar-refractivity contribution in [1.82, 2.24) is 5.32 Å². The van der Waals surface area contributed by atoms with Crippen molar-refractivity contribution in [2.75, 3.05) is 19.3 Å². The maximum atomic E-state index is 11.6. The van der Waals surface area contributed by atoms with Crippen LogP contribution in [0.3, 0.4) is 0 Å². The van der Waals surface area contributed by atoms with Crippen LogP contribution in [0.5, 0.6) is 0 Å². The third-order valence-electron chi connectivity index (χ3n) is 2.28. The van der Waals surface area contributed by atoms with Gasteiger partial charge in [0, 0.05) is 24.9 Å². The van der Waals surface area contributed by atoms with Crippen LogP contribution in [0, 0.1) is 6.92 Å². The summed E-state index contributed by atoms with van der Waals surface area (Å²) in [5.74, 6) is -0.319. The number of sulfone groups is 1. The zero-order valence-corrected chi connectivity index (χ0v) is 11.9. The minimum absolute atomic E-state index is 0. The molecule has 0 fully saturated rings. The maximum Gasteiger partial charge on any atom is 0.251 e. The Morgan fingerprint density at radius 1 is 1.39 bits per heavy atom. The number of carbonyl (C=O) groups excluding carboxylic acids is 1. The Labute approximate surface area is 113 Å². The van der Waals surface area contributed by atoms with Crippen LogP contribution in [-0.2, 0) is 9.84 Å². The smallest absolute Gasteiger partial charge is 0.251 e. The van der Waals surface area contributed by atoms with E-state index in [1.165, 1.54) is 6.07 Å². The number of hydrogen-bond acceptors (Lipinski definition) is 4. The van der Waals surface area contributed by atoms with Gasteiger partial charge < -0.3 is 11.1 Å². The van der Waals surface area contributed by atoms with Crippen LogP contribution >= 0.6 is 12.4 Å². The first-order valence-corrected chi connectivity index (χ1v) is 7.04. The Morgan fingerprint density at radius 3 is 2.50 bits per heavy atom. The van der Waals surface area contributed by atoms with Crippen molar-refractivity contribution in [2.24, 2.45) is 5.73 Å². The zero-order valence-electron chi connectivity index (χ0n) is 10.3. The molecule has 0 radical (unpaired) electrons. The SMILES string of the molecule is Cc1ccc(C(=O)NCCN)cc1S(C)(=O)=O.Cl. The average Bonchev–Trinajstić information content (AvgIpc) is 2.25. The van der Waals surface area contributed by atoms with Gasteiger partial charge in [-0.2, -0.15) is 0 Å². The van der Waals surface area contributed by atoms with Gasteiger partial charge in [0.15, 0.2) is 9.84 Å². The lowest BCUT2D eigenvalue weighted by atomic mass is 10.1. The highest BCUT2D eigenvalue weighted by Gasteiger charge is 2.14. The van der Waals surface area contributed by atoms with Crippen molar-refractivity contribution in [3.05, 3.63) is 29.3 Å². The lowest BCUT2D eigenvalue weighted by Gasteiger charge is -2.07. The lowest BCUT2D eigenvalue weighted by molar-refractivity contribution is 0.0954. The first kappa shape index (κ1) is 16.9. The van der Waals surface area contributed by atoms with E-state index in [0.717, 1.165) is 6.26 Å². The van der Waals surface area contributed by atoms with Crippen LogP contribution in [-0.4, -0.2) is 33.7 Å². The molecule has 1 amide bonds. The van der Waals surface area contributed by atoms with E-state index >= 15 is 0 Å². The first-order valence-electron chi connectivity index (χ1n) is 5.15. The third kappa shape index (κ3) is 4.29. The summed E-state index contributed by atoms with van der Waals surface area (Å²) in [4.78, 5) is 11.8. The van der Waals surface area contributed by atoms with Crippen LogP contribution in [0.2, 0.25) is 0 Å². The minimum Gasteiger partial charge on any atom is -0.351 e. The number of aryl methyl sites for hydroxylation is 1. The lowest BCUT2D eigenvalue weighted by Crippen LogP contribution is -2.29. The summed E-state index contributed by atoms with van der Waals surface area (Å²) in [7, 11) is -3.31. The van der Waals surface area contributed by atoms with E-state index in [4.69, 9.17) is 5.73 Å². The van der Waals surface area contributed by atoms with Crippen LogP contribution < -0.4 is 11.1 Å². The van der Waals surface area contributed by atoms with Crippen molar-refractivity contribution in [2.45, 2.75) is 11.8 Å². The molecule has 7 heteroatoms. The number of nitrogens with two attached hydrogens (primary N) is 1. The van der Waals surface area contributed by atoms with Crippen molar-refractivity contribution >= 4 is 28.2 Å². The Balaban J connectivity index is 0.00000289. The van der Waals surface area contributed by atoms with E-state index in [2.05, 4.69) is 5.32 Å². The van der Waals surface area contributed by atoms with Gasteiger partial charge in [0.1, 0.15) is 0 Å². The number of hydrogen-bond donors (Lipinski definition) is 2. The molecule has 0 aliphatic carbocycles. The molecule has 0 heterocycles. The zero-order chi connectivity index (χ0) is 13.1. The molecule has 3 N–H and O–H groups in total. The van der Waals surface area contributed by atoms with Gasteiger partial charge in [0.25, 0.3) is 5.91 Å². The topological polar surface area (TPSA) is 89.3 Å². The van der Waals surface area contributed by atoms with E-state index in [0.29, 0.717) is 24.2 Å². The van der Waals surface area contributed by atoms with Gasteiger partial charge in [-0.05, 0) is 24.6 Å². The highest BCUT2D eigenvalue weighted by Crippen LogP contribution is 2.16. The predicted molar refractivity (Wildman–Crippen MR) is 72.9 cm³/mol. The molecule has 0 bridgehead atoms. The highest BCUT2D eigenvalue weighted by molar-refractivity contribution is 7.90. The molecular weight excluding hydrogens is 276 g/mol. The molecule has 102 valence electrons. The van der Waals surface area contributed by atoms with Crippen molar-refractivity contribution < 1.29 is 13.2 Å². The third-order valence-corrected chi connectivity index (χ3v) is 3.52. The Hall–Kier alpha value is -1.11. The number of amides is 1. The monoisotopic (exact) mass is 292 g/mol. The molecule has 0 spiro atoms. The molecule has 1 aromatic rings. The predicted octanol–water partition coefficient (Wildman–Crippen LogP) is 0.509. The molecule has 18 heavy (non-hydrogen) atoms. The summed E-state index contributed by atoms with van der Waals surface area (Å²) in [6.07, 6.45) is 1.12. The first-order chi connectivity index (χ1) is 7.86. The molecule has 5 nitrogen and oxygen atoms in total. The molecule has 1 aromatic carbocycles. The number of halogens is 1. The average molecular weight is 293 g/mol. The van der Waals surface area contributed by atoms with Crippen molar-refractivity contribution in [3.63, 3.8) is 0 Å². The molecule has 0 atom stereocenters. The van der Waals surface area contributed by atoms with E-state index in [-0.39, 0.29) is 23.2 Å². The van der Waals surface area contributed by atoms with Crippen molar-refractivity contribution in [3.8, 4) is 0 Å². The molecule has 0 saturated carbocycles. The van der Waals surface area contributed by atoms with E-state index in [1.54, 1.807) is 19.1 Å². The van der Waals surface area contributed by atoms with Gasteiger partial charge in [0.05, 0.1) is 4.90 Å². The van der Waals surface area contributed by atoms with Crippen LogP contribution in [0.4, 0.5) is 0 Å². The second kappa shape index (κ2) is 6.72. The maximum absolute atomic E-state index is 11.6. The Bertz CT molecular complexity index is 529. The second-order valence-electron chi connectivity index (χ2n) is 3.80. The molecule has 0 aromatic heterocycles. The summed E-state index contributed by atoms with van der Waals surface area (Å²) < 4.78 is 23.0. The summed E-state index contributed by atoms with van der Waals surface area (Å²) >= 11 is 0. The highest BCUT2D eigenvalue weighted by atomic mass is 35.5. The molecular formula is C11H17ClN2O3S. The van der Waals surface area contributed by atoms with Gasteiger partial charge >= 0.3 is 0 Å². The summed E-state index contributed by atoms with van der Waals surface area (Å²) in [5, 5.41) is 2.59. The van der Waals surface area contributed by atoms with Gasteiger partial charge in [-0.1, -0.05) is 6.07 Å². The number of nitrogens with one attached hydrogen (secondary N) is 1. The fourth-order valence-electron chi connectivity index (χ4n) is 1.43. The standard InChI is InChI=1S/C11H16N2O3S.ClH/c1-8-3-4-9(11(14)13-6-5-12)7-10(8)17(2,15)16;/h3-4,7H,5-6,12H2,1-2H3,(H,13,14);1H. The summed E-state index contributed by atoms with van der Waals surface area (Å²) in [5.41, 5.74) is 6.22. The quantitative estimate of drug-likeness (QED) is 0.846. The molecule has 0 aliphatic heterocycles. The Kier molecular flexibility index (Phi) is 6.31. The number of benzene rings is 1. The van der Waals surface area contributed by atoms with Crippen LogP contribution in [0.1, 0.15) is 15.9 Å². The fraction of sp³-hybridized carbons (Fsp3) is 0.364. The Morgan fingerprint density at radius 2 is 2.00 bits per heavy atom. The number of carbonyl (C=O) groups is 1. The minimum atomic E-state index is -3.31. The molecule has 0 saturated heterocycles. The largest absolute Gasteiger partial charge is 0.351 e. The van der Waals surface area contributed by atoms with Gasteiger partial charge in [-0.25, -0.2) is 8.42 Å². The number of rotatable bonds is 4. The van der Waals surface area contributed by atoms with E-state index in [9.17, 15) is 13.2 Å². The van der Waals surface area contributed by atoms with Crippen LogP contribution in [0.25, 0.3) is 0 Å². The molecule has 0 aliphatic rings. The second-order valence-corrected chi connectivity index (χ2v) is 5.78. The van der Waals surface area contributed by atoms with Gasteiger partial charge in [-0.15, -0.1) is 12.4 Å². The van der Waals surface area contributed by atoms with Gasteiger partial charge in [-0.3, -0.25) is 4.79 Å². The fourth-order valence-corrected chi connectivity index (χ4v) is 2.42. The van der Waals surface area contributed by atoms with Crippen LogP contribution in [0.15, 0.2) is 23.1 Å². The van der Waals surface area contributed by atoms with E-state index < -0.39 is 9.84 Å². The van der Waals surface area contributed by atoms with Crippen molar-refractivity contribution in [1.29, 1.82) is 0 Å².